The zero-order valence-electron chi connectivity index (χ0n) is 10.7. The number of amides is 1. The van der Waals surface area contributed by atoms with Gasteiger partial charge in [-0.3, -0.25) is 4.79 Å². The van der Waals surface area contributed by atoms with Gasteiger partial charge < -0.3 is 5.32 Å². The molecule has 0 radical (unpaired) electrons. The number of nitrogens with zero attached hydrogens (tertiary/aromatic N) is 2. The molecule has 1 heterocycles. The van der Waals surface area contributed by atoms with Crippen molar-refractivity contribution >= 4 is 28.7 Å². The average molecular weight is 273 g/mol. The van der Waals surface area contributed by atoms with Crippen LogP contribution in [0.25, 0.3) is 11.0 Å². The summed E-state index contributed by atoms with van der Waals surface area (Å²) in [5, 5.41) is 3.53. The highest BCUT2D eigenvalue weighted by molar-refractivity contribution is 7.99. The summed E-state index contributed by atoms with van der Waals surface area (Å²) in [5.74, 6) is 0.307. The monoisotopic (exact) mass is 273 g/mol. The van der Waals surface area contributed by atoms with Crippen LogP contribution in [0.5, 0.6) is 0 Å². The van der Waals surface area contributed by atoms with Crippen LogP contribution in [0.3, 0.4) is 0 Å². The Hall–Kier alpha value is -1.88. The van der Waals surface area contributed by atoms with Gasteiger partial charge in [0.2, 0.25) is 5.91 Å². The standard InChI is InChI=1S/C14H15N3OS/c1-3-8-15-13(18)9-19-14-10(2)16-11-6-4-5-7-12(11)17-14/h3-7H,1,8-9H2,2H3,(H,15,18). The summed E-state index contributed by atoms with van der Waals surface area (Å²) in [4.78, 5) is 20.5. The first-order chi connectivity index (χ1) is 9.20. The molecule has 0 fully saturated rings. The second-order valence-electron chi connectivity index (χ2n) is 3.98. The molecular weight excluding hydrogens is 258 g/mol. The van der Waals surface area contributed by atoms with Crippen LogP contribution in [0.2, 0.25) is 0 Å². The zero-order chi connectivity index (χ0) is 13.7. The van der Waals surface area contributed by atoms with Crippen molar-refractivity contribution in [2.45, 2.75) is 11.9 Å². The number of hydrogen-bond acceptors (Lipinski definition) is 4. The van der Waals surface area contributed by atoms with E-state index >= 15 is 0 Å². The molecule has 2 rings (SSSR count). The summed E-state index contributed by atoms with van der Waals surface area (Å²) in [6, 6.07) is 7.72. The van der Waals surface area contributed by atoms with Gasteiger partial charge >= 0.3 is 0 Å². The zero-order valence-corrected chi connectivity index (χ0v) is 11.5. The molecule has 0 spiro atoms. The molecule has 1 N–H and O–H groups in total. The van der Waals surface area contributed by atoms with E-state index in [4.69, 9.17) is 0 Å². The lowest BCUT2D eigenvalue weighted by atomic mass is 10.3. The highest BCUT2D eigenvalue weighted by Gasteiger charge is 2.08. The van der Waals surface area contributed by atoms with Crippen LogP contribution in [0.1, 0.15) is 5.69 Å². The topological polar surface area (TPSA) is 54.9 Å². The van der Waals surface area contributed by atoms with Crippen molar-refractivity contribution in [1.29, 1.82) is 0 Å². The van der Waals surface area contributed by atoms with E-state index in [1.165, 1.54) is 11.8 Å². The van der Waals surface area contributed by atoms with Gasteiger partial charge in [-0.1, -0.05) is 30.0 Å². The van der Waals surface area contributed by atoms with Crippen molar-refractivity contribution in [1.82, 2.24) is 15.3 Å². The van der Waals surface area contributed by atoms with Crippen molar-refractivity contribution < 1.29 is 4.79 Å². The van der Waals surface area contributed by atoms with E-state index in [1.54, 1.807) is 6.08 Å². The molecule has 0 bridgehead atoms. The first-order valence-corrected chi connectivity index (χ1v) is 6.93. The van der Waals surface area contributed by atoms with Gasteiger partial charge in [0.25, 0.3) is 0 Å². The lowest BCUT2D eigenvalue weighted by Crippen LogP contribution is -2.25. The number of nitrogens with one attached hydrogen (secondary N) is 1. The van der Waals surface area contributed by atoms with E-state index in [1.807, 2.05) is 31.2 Å². The molecule has 1 aromatic carbocycles. The second-order valence-corrected chi connectivity index (χ2v) is 4.95. The van der Waals surface area contributed by atoms with Gasteiger partial charge in [-0.05, 0) is 19.1 Å². The molecule has 19 heavy (non-hydrogen) atoms. The summed E-state index contributed by atoms with van der Waals surface area (Å²) >= 11 is 1.40. The third kappa shape index (κ3) is 3.54. The van der Waals surface area contributed by atoms with Gasteiger partial charge in [0, 0.05) is 6.54 Å². The summed E-state index contributed by atoms with van der Waals surface area (Å²) in [6.45, 7) is 5.95. The molecule has 1 amide bonds. The summed E-state index contributed by atoms with van der Waals surface area (Å²) in [6.07, 6.45) is 1.66. The van der Waals surface area contributed by atoms with Crippen LogP contribution < -0.4 is 5.32 Å². The normalized spacial score (nSPS) is 10.4. The van der Waals surface area contributed by atoms with E-state index in [-0.39, 0.29) is 5.91 Å². The number of thioether (sulfide) groups is 1. The van der Waals surface area contributed by atoms with Gasteiger partial charge in [-0.15, -0.1) is 6.58 Å². The third-order valence-electron chi connectivity index (χ3n) is 2.48. The van der Waals surface area contributed by atoms with Gasteiger partial charge in [0.05, 0.1) is 22.5 Å². The Balaban J connectivity index is 2.10. The Morgan fingerprint density at radius 3 is 2.74 bits per heavy atom. The fraction of sp³-hybridized carbons (Fsp3) is 0.214. The molecule has 98 valence electrons. The van der Waals surface area contributed by atoms with Crippen molar-refractivity contribution in [3.8, 4) is 0 Å². The van der Waals surface area contributed by atoms with E-state index in [0.29, 0.717) is 12.3 Å². The van der Waals surface area contributed by atoms with Crippen LogP contribution in [0.15, 0.2) is 41.9 Å². The largest absolute Gasteiger partial charge is 0.352 e. The maximum atomic E-state index is 11.5. The van der Waals surface area contributed by atoms with Crippen molar-refractivity contribution in [3.63, 3.8) is 0 Å². The average Bonchev–Trinajstić information content (AvgIpc) is 2.42. The molecule has 0 aliphatic carbocycles. The van der Waals surface area contributed by atoms with Gasteiger partial charge in [-0.25, -0.2) is 9.97 Å². The third-order valence-corrected chi connectivity index (χ3v) is 3.55. The van der Waals surface area contributed by atoms with E-state index < -0.39 is 0 Å². The maximum Gasteiger partial charge on any atom is 0.230 e. The fourth-order valence-corrected chi connectivity index (χ4v) is 2.37. The van der Waals surface area contributed by atoms with E-state index in [0.717, 1.165) is 21.8 Å². The predicted molar refractivity (Wildman–Crippen MR) is 78.2 cm³/mol. The van der Waals surface area contributed by atoms with Crippen LogP contribution in [-0.4, -0.2) is 28.2 Å². The van der Waals surface area contributed by atoms with Crippen LogP contribution in [0, 0.1) is 6.92 Å². The first-order valence-electron chi connectivity index (χ1n) is 5.94. The fourth-order valence-electron chi connectivity index (χ4n) is 1.58. The highest BCUT2D eigenvalue weighted by Crippen LogP contribution is 2.21. The first kappa shape index (κ1) is 13.5. The molecule has 4 nitrogen and oxygen atoms in total. The van der Waals surface area contributed by atoms with Gasteiger partial charge in [-0.2, -0.15) is 0 Å². The van der Waals surface area contributed by atoms with Crippen LogP contribution >= 0.6 is 11.8 Å². The molecule has 0 unspecified atom stereocenters. The van der Waals surface area contributed by atoms with Crippen molar-refractivity contribution in [2.24, 2.45) is 0 Å². The SMILES string of the molecule is C=CCNC(=O)CSc1nc2ccccc2nc1C. The number of benzene rings is 1. The summed E-state index contributed by atoms with van der Waals surface area (Å²) in [5.41, 5.74) is 2.57. The number of aromatic nitrogens is 2. The van der Waals surface area contributed by atoms with Crippen molar-refractivity contribution in [2.75, 3.05) is 12.3 Å². The minimum absolute atomic E-state index is 0.0285. The molecule has 1 aromatic heterocycles. The van der Waals surface area contributed by atoms with Crippen LogP contribution in [0.4, 0.5) is 0 Å². The molecule has 0 aliphatic heterocycles. The number of rotatable bonds is 5. The number of carbonyl (C=O) groups excluding carboxylic acids is 1. The maximum absolute atomic E-state index is 11.5. The highest BCUT2D eigenvalue weighted by atomic mass is 32.2. The molecule has 5 heteroatoms. The Labute approximate surface area is 116 Å². The molecule has 0 saturated heterocycles. The van der Waals surface area contributed by atoms with E-state index in [9.17, 15) is 4.79 Å². The number of aryl methyl sites for hydroxylation is 1. The Morgan fingerprint density at radius 1 is 1.37 bits per heavy atom. The molecule has 0 saturated carbocycles. The van der Waals surface area contributed by atoms with Crippen LogP contribution in [-0.2, 0) is 4.79 Å². The quantitative estimate of drug-likeness (QED) is 0.671. The number of carbonyl (C=O) groups is 1. The van der Waals surface area contributed by atoms with E-state index in [2.05, 4.69) is 21.9 Å². The smallest absolute Gasteiger partial charge is 0.230 e. The lowest BCUT2D eigenvalue weighted by Gasteiger charge is -2.06. The summed E-state index contributed by atoms with van der Waals surface area (Å²) in [7, 11) is 0. The second kappa shape index (κ2) is 6.33. The Morgan fingerprint density at radius 2 is 2.05 bits per heavy atom. The minimum atomic E-state index is -0.0285. The molecule has 0 aliphatic rings. The summed E-state index contributed by atoms with van der Waals surface area (Å²) < 4.78 is 0. The Kier molecular flexibility index (Phi) is 4.52. The van der Waals surface area contributed by atoms with Crippen molar-refractivity contribution in [3.05, 3.63) is 42.6 Å². The Bertz CT molecular complexity index is 613. The lowest BCUT2D eigenvalue weighted by molar-refractivity contribution is -0.118. The number of hydrogen-bond donors (Lipinski definition) is 1. The van der Waals surface area contributed by atoms with Gasteiger partial charge in [0.1, 0.15) is 5.03 Å². The minimum Gasteiger partial charge on any atom is -0.352 e. The molecule has 2 aromatic rings. The number of fused-ring (bicyclic) bond motifs is 1. The molecule has 0 atom stereocenters. The molecular formula is C14H15N3OS. The predicted octanol–water partition coefficient (Wildman–Crippen LogP) is 2.33. The number of para-hydroxylation sites is 2. The van der Waals surface area contributed by atoms with Gasteiger partial charge in [0.15, 0.2) is 0 Å².